The first-order valence-electron chi connectivity index (χ1n) is 8.51. The minimum absolute atomic E-state index is 0.0647. The van der Waals surface area contributed by atoms with Gasteiger partial charge in [-0.15, -0.1) is 0 Å². The van der Waals surface area contributed by atoms with Crippen LogP contribution in [-0.4, -0.2) is 20.7 Å². The minimum Gasteiger partial charge on any atom is -0.360 e. The van der Waals surface area contributed by atoms with Crippen LogP contribution >= 0.6 is 0 Å². The summed E-state index contributed by atoms with van der Waals surface area (Å²) in [5, 5.41) is 16.9. The highest BCUT2D eigenvalue weighted by Gasteiger charge is 2.16. The number of carbonyl (C=O) groups excluding carboxylic acids is 1. The molecule has 0 saturated carbocycles. The largest absolute Gasteiger partial charge is 0.360 e. The van der Waals surface area contributed by atoms with Crippen LogP contribution in [0.3, 0.4) is 0 Å². The summed E-state index contributed by atoms with van der Waals surface area (Å²) in [7, 11) is 1.89. The van der Waals surface area contributed by atoms with Crippen LogP contribution in [0, 0.1) is 17.2 Å². The second kappa shape index (κ2) is 7.79. The molecule has 0 aliphatic rings. The molecule has 0 aliphatic heterocycles. The van der Waals surface area contributed by atoms with Crippen molar-refractivity contribution >= 4 is 5.78 Å². The lowest BCUT2D eigenvalue weighted by Gasteiger charge is -2.05. The highest BCUT2D eigenvalue weighted by molar-refractivity contribution is 5.82. The highest BCUT2D eigenvalue weighted by Crippen LogP contribution is 2.25. The van der Waals surface area contributed by atoms with Gasteiger partial charge in [-0.1, -0.05) is 36.3 Å². The van der Waals surface area contributed by atoms with Crippen LogP contribution in [0.2, 0.25) is 0 Å². The maximum absolute atomic E-state index is 12.2. The quantitative estimate of drug-likeness (QED) is 0.648. The lowest BCUT2D eigenvalue weighted by atomic mass is 9.97. The van der Waals surface area contributed by atoms with Crippen LogP contribution in [0.1, 0.15) is 25.5 Å². The van der Waals surface area contributed by atoms with Crippen LogP contribution in [0.5, 0.6) is 0 Å². The van der Waals surface area contributed by atoms with Crippen molar-refractivity contribution < 1.29 is 9.32 Å². The molecule has 0 bridgehead atoms. The molecule has 6 heteroatoms. The molecule has 0 fully saturated rings. The topological polar surface area (TPSA) is 84.7 Å². The summed E-state index contributed by atoms with van der Waals surface area (Å²) >= 11 is 0. The zero-order chi connectivity index (χ0) is 18.5. The van der Waals surface area contributed by atoms with Gasteiger partial charge < -0.3 is 4.52 Å². The average Bonchev–Trinajstić information content (AvgIpc) is 3.29. The van der Waals surface area contributed by atoms with Crippen molar-refractivity contribution in [1.82, 2.24) is 14.9 Å². The van der Waals surface area contributed by atoms with Crippen molar-refractivity contribution in [3.05, 3.63) is 48.5 Å². The molecule has 3 aromatic rings. The van der Waals surface area contributed by atoms with Gasteiger partial charge in [0.15, 0.2) is 0 Å². The second-order valence-electron chi connectivity index (χ2n) is 6.40. The highest BCUT2D eigenvalue weighted by atomic mass is 16.5. The van der Waals surface area contributed by atoms with Crippen LogP contribution < -0.4 is 0 Å². The molecule has 26 heavy (non-hydrogen) atoms. The number of aromatic nitrogens is 3. The number of benzene rings is 1. The van der Waals surface area contributed by atoms with E-state index in [2.05, 4.69) is 16.3 Å². The summed E-state index contributed by atoms with van der Waals surface area (Å²) in [4.78, 5) is 12.2. The number of aryl methyl sites for hydroxylation is 1. The molecule has 0 radical (unpaired) electrons. The molecule has 1 atom stereocenters. The maximum atomic E-state index is 12.2. The van der Waals surface area contributed by atoms with E-state index in [-0.39, 0.29) is 18.1 Å². The second-order valence-corrected chi connectivity index (χ2v) is 6.40. The molecule has 2 heterocycles. The van der Waals surface area contributed by atoms with Crippen LogP contribution in [0.25, 0.3) is 22.4 Å². The first kappa shape index (κ1) is 17.6. The van der Waals surface area contributed by atoms with E-state index in [0.717, 1.165) is 16.7 Å². The normalized spacial score (nSPS) is 11.9. The number of ketones is 1. The fourth-order valence-corrected chi connectivity index (χ4v) is 2.72. The van der Waals surface area contributed by atoms with Gasteiger partial charge in [0, 0.05) is 42.8 Å². The summed E-state index contributed by atoms with van der Waals surface area (Å²) in [6.45, 7) is 1.84. The zero-order valence-electron chi connectivity index (χ0n) is 14.8. The van der Waals surface area contributed by atoms with E-state index in [9.17, 15) is 4.79 Å². The van der Waals surface area contributed by atoms with E-state index in [0.29, 0.717) is 24.3 Å². The molecule has 0 N–H and O–H groups in total. The Labute approximate surface area is 152 Å². The summed E-state index contributed by atoms with van der Waals surface area (Å²) in [5.74, 6) is 0.460. The van der Waals surface area contributed by atoms with E-state index in [1.807, 2.05) is 50.6 Å². The van der Waals surface area contributed by atoms with Gasteiger partial charge in [-0.3, -0.25) is 9.48 Å². The summed E-state index contributed by atoms with van der Waals surface area (Å²) in [5.41, 5.74) is 3.76. The van der Waals surface area contributed by atoms with Crippen molar-refractivity contribution in [3.8, 4) is 28.5 Å². The van der Waals surface area contributed by atoms with Crippen LogP contribution in [0.15, 0.2) is 47.2 Å². The van der Waals surface area contributed by atoms with Gasteiger partial charge in [0.1, 0.15) is 17.2 Å². The number of carbonyl (C=O) groups is 1. The van der Waals surface area contributed by atoms with Crippen LogP contribution in [0.4, 0.5) is 0 Å². The Morgan fingerprint density at radius 2 is 2.00 bits per heavy atom. The molecule has 2 aromatic heterocycles. The van der Waals surface area contributed by atoms with Gasteiger partial charge in [-0.2, -0.15) is 10.4 Å². The Morgan fingerprint density at radius 3 is 2.65 bits per heavy atom. The van der Waals surface area contributed by atoms with Crippen molar-refractivity contribution in [1.29, 1.82) is 5.26 Å². The molecule has 132 valence electrons. The van der Waals surface area contributed by atoms with E-state index >= 15 is 0 Å². The van der Waals surface area contributed by atoms with Gasteiger partial charge in [0.2, 0.25) is 0 Å². The van der Waals surface area contributed by atoms with Crippen molar-refractivity contribution in [2.75, 3.05) is 0 Å². The van der Waals surface area contributed by atoms with Gasteiger partial charge in [0.25, 0.3) is 0 Å². The Balaban J connectivity index is 1.68. The Kier molecular flexibility index (Phi) is 5.28. The van der Waals surface area contributed by atoms with Crippen LogP contribution in [-0.2, 0) is 18.3 Å². The third-order valence-electron chi connectivity index (χ3n) is 4.37. The Hall–Kier alpha value is -3.20. The van der Waals surface area contributed by atoms with Crippen molar-refractivity contribution in [3.63, 3.8) is 0 Å². The first-order chi connectivity index (χ1) is 12.6. The molecule has 6 nitrogen and oxygen atoms in total. The molecular weight excluding hydrogens is 328 g/mol. The number of hydrogen-bond donors (Lipinski definition) is 0. The van der Waals surface area contributed by atoms with Gasteiger partial charge in [-0.05, 0) is 12.0 Å². The molecule has 0 aliphatic carbocycles. The average molecular weight is 348 g/mol. The monoisotopic (exact) mass is 348 g/mol. The van der Waals surface area contributed by atoms with Crippen molar-refractivity contribution in [2.24, 2.45) is 13.0 Å². The summed E-state index contributed by atoms with van der Waals surface area (Å²) in [6.07, 6.45) is 4.95. The number of nitriles is 1. The number of Topliss-reactive ketones (excluding diaryl/α,β-unsaturated/α-hetero) is 1. The predicted molar refractivity (Wildman–Crippen MR) is 96.9 cm³/mol. The van der Waals surface area contributed by atoms with E-state index in [1.165, 1.54) is 0 Å². The number of hydrogen-bond acceptors (Lipinski definition) is 5. The number of rotatable bonds is 7. The lowest BCUT2D eigenvalue weighted by molar-refractivity contribution is -0.122. The standard InChI is InChI=1S/C20H20N4O2/c1-14(4-3-9-21)20(25)11-18-10-19(23-26-18)16-7-5-15(6-8-16)17-12-22-24(2)13-17/h5-8,10,12-14H,3-4,11H2,1-2H3/t14-/m1/s1. The summed E-state index contributed by atoms with van der Waals surface area (Å²) in [6, 6.07) is 11.8. The molecule has 0 amide bonds. The zero-order valence-corrected chi connectivity index (χ0v) is 14.8. The molecule has 0 unspecified atom stereocenters. The fraction of sp³-hybridized carbons (Fsp3) is 0.300. The lowest BCUT2D eigenvalue weighted by Crippen LogP contribution is -2.13. The van der Waals surface area contributed by atoms with E-state index < -0.39 is 0 Å². The number of nitrogens with zero attached hydrogens (tertiary/aromatic N) is 4. The fourth-order valence-electron chi connectivity index (χ4n) is 2.72. The third kappa shape index (κ3) is 4.06. The minimum atomic E-state index is -0.151. The molecular formula is C20H20N4O2. The maximum Gasteiger partial charge on any atom is 0.144 e. The van der Waals surface area contributed by atoms with E-state index in [4.69, 9.17) is 9.78 Å². The Bertz CT molecular complexity index is 931. The molecule has 0 spiro atoms. The van der Waals surface area contributed by atoms with Gasteiger partial charge in [0.05, 0.1) is 18.7 Å². The Morgan fingerprint density at radius 1 is 1.27 bits per heavy atom. The van der Waals surface area contributed by atoms with Gasteiger partial charge >= 0.3 is 0 Å². The molecule has 3 rings (SSSR count). The molecule has 1 aromatic carbocycles. The van der Waals surface area contributed by atoms with E-state index in [1.54, 1.807) is 10.7 Å². The third-order valence-corrected chi connectivity index (χ3v) is 4.37. The summed E-state index contributed by atoms with van der Waals surface area (Å²) < 4.78 is 7.08. The first-order valence-corrected chi connectivity index (χ1v) is 8.51. The SMILES string of the molecule is C[C@H](CCC#N)C(=O)Cc1cc(-c2ccc(-c3cnn(C)c3)cc2)no1. The smallest absolute Gasteiger partial charge is 0.144 e. The molecule has 0 saturated heterocycles. The predicted octanol–water partition coefficient (Wildman–Crippen LogP) is 3.79. The van der Waals surface area contributed by atoms with Crippen molar-refractivity contribution in [2.45, 2.75) is 26.2 Å². The van der Waals surface area contributed by atoms with Gasteiger partial charge in [-0.25, -0.2) is 0 Å².